The largest absolute Gasteiger partial charge is 0.314 e. The Bertz CT molecular complexity index is 459. The number of hydrogen-bond acceptors (Lipinski definition) is 2. The summed E-state index contributed by atoms with van der Waals surface area (Å²) in [6.07, 6.45) is 3.34. The zero-order valence-electron chi connectivity index (χ0n) is 11.9. The zero-order chi connectivity index (χ0) is 13.5. The van der Waals surface area contributed by atoms with E-state index in [9.17, 15) is 0 Å². The predicted molar refractivity (Wildman–Crippen MR) is 85.0 cm³/mol. The van der Waals surface area contributed by atoms with Gasteiger partial charge in [0, 0.05) is 6.04 Å². The van der Waals surface area contributed by atoms with Crippen molar-refractivity contribution in [3.05, 3.63) is 57.8 Å². The number of nitrogens with one attached hydrogen (secondary N) is 1. The first-order valence-electron chi connectivity index (χ1n) is 7.14. The van der Waals surface area contributed by atoms with Gasteiger partial charge in [-0.2, -0.15) is 11.3 Å². The molecule has 1 atom stereocenters. The number of hydrogen-bond donors (Lipinski definition) is 1. The highest BCUT2D eigenvalue weighted by Crippen LogP contribution is 2.13. The van der Waals surface area contributed by atoms with Gasteiger partial charge in [0.05, 0.1) is 0 Å². The summed E-state index contributed by atoms with van der Waals surface area (Å²) in [6, 6.07) is 11.8. The van der Waals surface area contributed by atoms with Crippen molar-refractivity contribution in [2.75, 3.05) is 6.54 Å². The third-order valence-corrected chi connectivity index (χ3v) is 4.20. The van der Waals surface area contributed by atoms with Crippen LogP contribution in [0, 0.1) is 0 Å². The molecule has 0 amide bonds. The molecular weight excluding hydrogens is 250 g/mol. The number of thiophene rings is 1. The molecule has 0 spiro atoms. The highest BCUT2D eigenvalue weighted by Gasteiger charge is 2.09. The van der Waals surface area contributed by atoms with Gasteiger partial charge in [-0.3, -0.25) is 0 Å². The quantitative estimate of drug-likeness (QED) is 0.801. The summed E-state index contributed by atoms with van der Waals surface area (Å²) in [5, 5.41) is 8.02. The van der Waals surface area contributed by atoms with E-state index in [-0.39, 0.29) is 0 Å². The summed E-state index contributed by atoms with van der Waals surface area (Å²) >= 11 is 1.78. The maximum Gasteiger partial charge on any atom is 0.0148 e. The molecule has 0 aliphatic carbocycles. The van der Waals surface area contributed by atoms with E-state index in [1.807, 2.05) is 0 Å². The lowest BCUT2D eigenvalue weighted by Crippen LogP contribution is -2.32. The second-order valence-corrected chi connectivity index (χ2v) is 5.74. The number of rotatable bonds is 7. The van der Waals surface area contributed by atoms with Crippen LogP contribution in [0.5, 0.6) is 0 Å². The Morgan fingerprint density at radius 3 is 2.21 bits per heavy atom. The zero-order valence-corrected chi connectivity index (χ0v) is 12.7. The predicted octanol–water partition coefficient (Wildman–Crippen LogP) is 4.07. The van der Waals surface area contributed by atoms with Crippen LogP contribution in [0.2, 0.25) is 0 Å². The van der Waals surface area contributed by atoms with Crippen molar-refractivity contribution in [1.82, 2.24) is 5.32 Å². The van der Waals surface area contributed by atoms with Gasteiger partial charge in [-0.25, -0.2) is 0 Å². The van der Waals surface area contributed by atoms with Crippen LogP contribution in [-0.2, 0) is 19.3 Å². The van der Waals surface area contributed by atoms with Crippen molar-refractivity contribution in [3.8, 4) is 0 Å². The van der Waals surface area contributed by atoms with Crippen molar-refractivity contribution >= 4 is 11.3 Å². The van der Waals surface area contributed by atoms with Gasteiger partial charge in [0.2, 0.25) is 0 Å². The van der Waals surface area contributed by atoms with Crippen molar-refractivity contribution < 1.29 is 0 Å². The molecule has 0 aliphatic heterocycles. The second-order valence-electron chi connectivity index (χ2n) is 4.96. The first kappa shape index (κ1) is 14.3. The molecule has 19 heavy (non-hydrogen) atoms. The summed E-state index contributed by atoms with van der Waals surface area (Å²) in [4.78, 5) is 0. The summed E-state index contributed by atoms with van der Waals surface area (Å²) in [5.74, 6) is 0. The minimum atomic E-state index is 0.534. The summed E-state index contributed by atoms with van der Waals surface area (Å²) in [5.41, 5.74) is 4.29. The Kier molecular flexibility index (Phi) is 5.62. The van der Waals surface area contributed by atoms with E-state index in [1.165, 1.54) is 16.7 Å². The lowest BCUT2D eigenvalue weighted by Gasteiger charge is -2.17. The monoisotopic (exact) mass is 273 g/mol. The lowest BCUT2D eigenvalue weighted by molar-refractivity contribution is 0.522. The summed E-state index contributed by atoms with van der Waals surface area (Å²) in [6.45, 7) is 5.41. The summed E-state index contributed by atoms with van der Waals surface area (Å²) in [7, 11) is 0. The fourth-order valence-electron chi connectivity index (χ4n) is 2.39. The van der Waals surface area contributed by atoms with Crippen LogP contribution >= 0.6 is 11.3 Å². The fourth-order valence-corrected chi connectivity index (χ4v) is 3.08. The molecule has 1 unspecified atom stereocenters. The van der Waals surface area contributed by atoms with E-state index in [4.69, 9.17) is 0 Å². The first-order chi connectivity index (χ1) is 9.31. The van der Waals surface area contributed by atoms with Crippen LogP contribution in [0.3, 0.4) is 0 Å². The third-order valence-electron chi connectivity index (χ3n) is 3.47. The van der Waals surface area contributed by atoms with Crippen LogP contribution < -0.4 is 5.32 Å². The molecule has 0 bridgehead atoms. The molecule has 1 heterocycles. The maximum absolute atomic E-state index is 3.60. The molecule has 1 aromatic carbocycles. The highest BCUT2D eigenvalue weighted by molar-refractivity contribution is 7.07. The average Bonchev–Trinajstić information content (AvgIpc) is 2.93. The molecule has 0 radical (unpaired) electrons. The number of benzene rings is 1. The van der Waals surface area contributed by atoms with Crippen LogP contribution in [0.15, 0.2) is 41.1 Å². The highest BCUT2D eigenvalue weighted by atomic mass is 32.1. The van der Waals surface area contributed by atoms with E-state index < -0.39 is 0 Å². The van der Waals surface area contributed by atoms with Gasteiger partial charge in [-0.05, 0) is 59.3 Å². The minimum Gasteiger partial charge on any atom is -0.314 e. The topological polar surface area (TPSA) is 12.0 Å². The van der Waals surface area contributed by atoms with Gasteiger partial charge in [-0.1, -0.05) is 38.1 Å². The average molecular weight is 273 g/mol. The van der Waals surface area contributed by atoms with E-state index in [1.54, 1.807) is 11.3 Å². The van der Waals surface area contributed by atoms with Gasteiger partial charge < -0.3 is 5.32 Å². The minimum absolute atomic E-state index is 0.534. The van der Waals surface area contributed by atoms with Gasteiger partial charge >= 0.3 is 0 Å². The van der Waals surface area contributed by atoms with E-state index in [0.29, 0.717) is 6.04 Å². The van der Waals surface area contributed by atoms with Crippen LogP contribution in [0.4, 0.5) is 0 Å². The molecule has 2 rings (SSSR count). The Balaban J connectivity index is 1.98. The molecule has 2 heteroatoms. The molecule has 102 valence electrons. The van der Waals surface area contributed by atoms with Crippen molar-refractivity contribution in [1.29, 1.82) is 0 Å². The second kappa shape index (κ2) is 7.46. The molecule has 0 fully saturated rings. The molecule has 0 saturated carbocycles. The Morgan fingerprint density at radius 1 is 0.947 bits per heavy atom. The smallest absolute Gasteiger partial charge is 0.0148 e. The Hall–Kier alpha value is -1.12. The molecule has 0 saturated heterocycles. The van der Waals surface area contributed by atoms with Crippen LogP contribution in [-0.4, -0.2) is 12.6 Å². The molecule has 1 N–H and O–H groups in total. The van der Waals surface area contributed by atoms with Crippen molar-refractivity contribution in [3.63, 3.8) is 0 Å². The van der Waals surface area contributed by atoms with Crippen molar-refractivity contribution in [2.24, 2.45) is 0 Å². The Morgan fingerprint density at radius 2 is 1.63 bits per heavy atom. The fraction of sp³-hybridized carbons (Fsp3) is 0.412. The standard InChI is InChI=1S/C17H23NS/c1-3-14-5-7-15(8-6-14)11-17(18-4-2)12-16-9-10-19-13-16/h5-10,13,17-18H,3-4,11-12H2,1-2H3. The first-order valence-corrected chi connectivity index (χ1v) is 8.08. The van der Waals surface area contributed by atoms with Gasteiger partial charge in [0.25, 0.3) is 0 Å². The van der Waals surface area contributed by atoms with E-state index in [0.717, 1.165) is 25.8 Å². The van der Waals surface area contributed by atoms with Crippen LogP contribution in [0.1, 0.15) is 30.5 Å². The third kappa shape index (κ3) is 4.48. The maximum atomic E-state index is 3.60. The van der Waals surface area contributed by atoms with Gasteiger partial charge in [0.1, 0.15) is 0 Å². The Labute approximate surface area is 120 Å². The molecule has 0 aliphatic rings. The normalized spacial score (nSPS) is 12.5. The van der Waals surface area contributed by atoms with Gasteiger partial charge in [0.15, 0.2) is 0 Å². The van der Waals surface area contributed by atoms with Gasteiger partial charge in [-0.15, -0.1) is 0 Å². The van der Waals surface area contributed by atoms with E-state index >= 15 is 0 Å². The number of likely N-dealkylation sites (N-methyl/N-ethyl adjacent to an activating group) is 1. The lowest BCUT2D eigenvalue weighted by atomic mass is 9.99. The molecule has 2 aromatic rings. The molecule has 1 aromatic heterocycles. The molecule has 1 nitrogen and oxygen atoms in total. The van der Waals surface area contributed by atoms with Crippen molar-refractivity contribution in [2.45, 2.75) is 39.2 Å². The number of aryl methyl sites for hydroxylation is 1. The summed E-state index contributed by atoms with van der Waals surface area (Å²) < 4.78 is 0. The van der Waals surface area contributed by atoms with Crippen LogP contribution in [0.25, 0.3) is 0 Å². The molecular formula is C17H23NS. The van der Waals surface area contributed by atoms with E-state index in [2.05, 4.69) is 60.3 Å². The SMILES string of the molecule is CCNC(Cc1ccc(CC)cc1)Cc1ccsc1.